The Bertz CT molecular complexity index is 572. The number of aromatic nitrogens is 4. The quantitative estimate of drug-likeness (QED) is 0.842. The van der Waals surface area contributed by atoms with Gasteiger partial charge in [0, 0.05) is 50.8 Å². The average Bonchev–Trinajstić information content (AvgIpc) is 2.77. The molecule has 0 saturated heterocycles. The predicted octanol–water partition coefficient (Wildman–Crippen LogP) is 0.651. The smallest absolute Gasteiger partial charge is 0.293 e. The van der Waals surface area contributed by atoms with Gasteiger partial charge in [0.2, 0.25) is 0 Å². The van der Waals surface area contributed by atoms with Crippen LogP contribution in [0.5, 0.6) is 0 Å². The highest BCUT2D eigenvalue weighted by atomic mass is 16.1. The van der Waals surface area contributed by atoms with Gasteiger partial charge in [-0.05, 0) is 13.0 Å². The molecule has 2 rings (SSSR count). The molecule has 0 aliphatic rings. The monoisotopic (exact) mass is 247 g/mol. The van der Waals surface area contributed by atoms with E-state index in [0.29, 0.717) is 18.9 Å². The first-order valence-electron chi connectivity index (χ1n) is 5.98. The van der Waals surface area contributed by atoms with Gasteiger partial charge < -0.3 is 9.88 Å². The molecule has 2 heterocycles. The van der Waals surface area contributed by atoms with E-state index in [1.807, 2.05) is 24.7 Å². The number of rotatable bonds is 5. The first-order valence-corrected chi connectivity index (χ1v) is 5.98. The van der Waals surface area contributed by atoms with Gasteiger partial charge in [-0.1, -0.05) is 0 Å². The van der Waals surface area contributed by atoms with E-state index < -0.39 is 0 Å². The third kappa shape index (κ3) is 2.58. The van der Waals surface area contributed by atoms with Crippen LogP contribution in [0.3, 0.4) is 0 Å². The number of hydrogen-bond donors (Lipinski definition) is 1. The van der Waals surface area contributed by atoms with Crippen molar-refractivity contribution in [1.29, 1.82) is 0 Å². The highest BCUT2D eigenvalue weighted by Gasteiger charge is 2.03. The molecule has 0 spiro atoms. The van der Waals surface area contributed by atoms with Gasteiger partial charge >= 0.3 is 0 Å². The fourth-order valence-electron chi connectivity index (χ4n) is 1.77. The van der Waals surface area contributed by atoms with Crippen LogP contribution in [0.2, 0.25) is 0 Å². The van der Waals surface area contributed by atoms with Gasteiger partial charge in [-0.2, -0.15) is 5.10 Å². The topological polar surface area (TPSA) is 64.7 Å². The van der Waals surface area contributed by atoms with E-state index in [2.05, 4.69) is 15.4 Å². The Labute approximate surface area is 105 Å². The molecule has 0 aliphatic heterocycles. The normalized spacial score (nSPS) is 10.6. The first-order chi connectivity index (χ1) is 8.72. The van der Waals surface area contributed by atoms with Gasteiger partial charge in [0.05, 0.1) is 0 Å². The van der Waals surface area contributed by atoms with Gasteiger partial charge in [0.15, 0.2) is 5.82 Å². The molecule has 96 valence electrons. The summed E-state index contributed by atoms with van der Waals surface area (Å²) in [6.45, 7) is 3.24. The Kier molecular flexibility index (Phi) is 3.76. The van der Waals surface area contributed by atoms with Crippen LogP contribution in [-0.4, -0.2) is 25.9 Å². The maximum absolute atomic E-state index is 11.9. The van der Waals surface area contributed by atoms with E-state index in [-0.39, 0.29) is 5.56 Å². The Morgan fingerprint density at radius 1 is 1.39 bits per heavy atom. The zero-order chi connectivity index (χ0) is 13.0. The molecule has 6 heteroatoms. The van der Waals surface area contributed by atoms with Crippen molar-refractivity contribution in [2.24, 2.45) is 7.05 Å². The summed E-state index contributed by atoms with van der Waals surface area (Å²) in [5.41, 5.74) is 1.04. The summed E-state index contributed by atoms with van der Waals surface area (Å²) >= 11 is 0. The van der Waals surface area contributed by atoms with Crippen molar-refractivity contribution >= 4 is 5.82 Å². The van der Waals surface area contributed by atoms with Crippen LogP contribution >= 0.6 is 0 Å². The second kappa shape index (κ2) is 5.48. The second-order valence-electron chi connectivity index (χ2n) is 3.99. The second-order valence-corrected chi connectivity index (χ2v) is 3.99. The molecule has 0 saturated carbocycles. The summed E-state index contributed by atoms with van der Waals surface area (Å²) < 4.78 is 3.45. The van der Waals surface area contributed by atoms with Crippen molar-refractivity contribution in [3.63, 3.8) is 0 Å². The fourth-order valence-corrected chi connectivity index (χ4v) is 1.77. The first kappa shape index (κ1) is 12.3. The van der Waals surface area contributed by atoms with Crippen LogP contribution in [0.1, 0.15) is 12.6 Å². The maximum Gasteiger partial charge on any atom is 0.293 e. The fraction of sp³-hybridized carbons (Fsp3) is 0.417. The van der Waals surface area contributed by atoms with Crippen LogP contribution in [0, 0.1) is 0 Å². The average molecular weight is 247 g/mol. The minimum absolute atomic E-state index is 0.0787. The zero-order valence-electron chi connectivity index (χ0n) is 10.6. The van der Waals surface area contributed by atoms with E-state index in [4.69, 9.17) is 0 Å². The number of anilines is 1. The Balaban J connectivity index is 1.99. The van der Waals surface area contributed by atoms with Crippen LogP contribution in [-0.2, 0) is 20.0 Å². The standard InChI is InChI=1S/C12H17N5O/c1-3-17-9-8-14-11(12(17)18)13-6-4-10-5-7-15-16(10)2/h5,7-9H,3-4,6H2,1-2H3,(H,13,14). The minimum Gasteiger partial charge on any atom is -0.365 e. The van der Waals surface area contributed by atoms with Gasteiger partial charge in [-0.25, -0.2) is 4.98 Å². The number of nitrogens with one attached hydrogen (secondary N) is 1. The molecule has 6 nitrogen and oxygen atoms in total. The SMILES string of the molecule is CCn1ccnc(NCCc2ccnn2C)c1=O. The largest absolute Gasteiger partial charge is 0.365 e. The lowest BCUT2D eigenvalue weighted by Crippen LogP contribution is -2.24. The van der Waals surface area contributed by atoms with Crippen molar-refractivity contribution in [2.45, 2.75) is 19.9 Å². The number of aryl methyl sites for hydroxylation is 2. The predicted molar refractivity (Wildman–Crippen MR) is 69.6 cm³/mol. The lowest BCUT2D eigenvalue weighted by Gasteiger charge is -2.07. The summed E-state index contributed by atoms with van der Waals surface area (Å²) in [6, 6.07) is 1.96. The summed E-state index contributed by atoms with van der Waals surface area (Å²) in [7, 11) is 1.90. The molecule has 2 aromatic heterocycles. The molecule has 0 atom stereocenters. The van der Waals surface area contributed by atoms with E-state index in [1.165, 1.54) is 0 Å². The summed E-state index contributed by atoms with van der Waals surface area (Å²) in [4.78, 5) is 15.9. The minimum atomic E-state index is -0.0787. The molecule has 0 aromatic carbocycles. The number of hydrogen-bond acceptors (Lipinski definition) is 4. The van der Waals surface area contributed by atoms with Crippen LogP contribution < -0.4 is 10.9 Å². The lowest BCUT2D eigenvalue weighted by molar-refractivity contribution is 0.705. The van der Waals surface area contributed by atoms with Crippen LogP contribution in [0.15, 0.2) is 29.5 Å². The summed E-state index contributed by atoms with van der Waals surface area (Å²) in [5.74, 6) is 0.404. The molecule has 0 unspecified atom stereocenters. The van der Waals surface area contributed by atoms with Crippen molar-refractivity contribution < 1.29 is 0 Å². The Morgan fingerprint density at radius 2 is 2.22 bits per heavy atom. The van der Waals surface area contributed by atoms with E-state index in [1.54, 1.807) is 23.2 Å². The highest BCUT2D eigenvalue weighted by Crippen LogP contribution is 1.99. The van der Waals surface area contributed by atoms with Gasteiger partial charge in [-0.15, -0.1) is 0 Å². The van der Waals surface area contributed by atoms with E-state index in [9.17, 15) is 4.79 Å². The maximum atomic E-state index is 11.9. The van der Waals surface area contributed by atoms with Gasteiger partial charge in [0.25, 0.3) is 5.56 Å². The Hall–Kier alpha value is -2.11. The van der Waals surface area contributed by atoms with Crippen molar-refractivity contribution in [3.8, 4) is 0 Å². The van der Waals surface area contributed by atoms with E-state index >= 15 is 0 Å². The number of nitrogens with zero attached hydrogens (tertiary/aromatic N) is 4. The molecule has 0 fully saturated rings. The summed E-state index contributed by atoms with van der Waals surface area (Å²) in [6.07, 6.45) is 5.89. The molecule has 0 bridgehead atoms. The molecule has 1 N–H and O–H groups in total. The van der Waals surface area contributed by atoms with E-state index in [0.717, 1.165) is 12.1 Å². The zero-order valence-corrected chi connectivity index (χ0v) is 10.6. The molecule has 0 amide bonds. The highest BCUT2D eigenvalue weighted by molar-refractivity contribution is 5.30. The van der Waals surface area contributed by atoms with Crippen molar-refractivity contribution in [2.75, 3.05) is 11.9 Å². The van der Waals surface area contributed by atoms with Gasteiger partial charge in [0.1, 0.15) is 0 Å². The molecule has 2 aromatic rings. The molecular weight excluding hydrogens is 230 g/mol. The molecule has 0 aliphatic carbocycles. The summed E-state index contributed by atoms with van der Waals surface area (Å²) in [5, 5.41) is 7.16. The van der Waals surface area contributed by atoms with Crippen LogP contribution in [0.25, 0.3) is 0 Å². The van der Waals surface area contributed by atoms with Gasteiger partial charge in [-0.3, -0.25) is 9.48 Å². The lowest BCUT2D eigenvalue weighted by atomic mass is 10.3. The molecule has 18 heavy (non-hydrogen) atoms. The Morgan fingerprint density at radius 3 is 2.89 bits per heavy atom. The van der Waals surface area contributed by atoms with Crippen LogP contribution in [0.4, 0.5) is 5.82 Å². The third-order valence-corrected chi connectivity index (χ3v) is 2.85. The van der Waals surface area contributed by atoms with Crippen molar-refractivity contribution in [1.82, 2.24) is 19.3 Å². The van der Waals surface area contributed by atoms with Crippen molar-refractivity contribution in [3.05, 3.63) is 40.7 Å². The molecular formula is C12H17N5O. The third-order valence-electron chi connectivity index (χ3n) is 2.85. The molecule has 0 radical (unpaired) electrons.